The second-order valence-electron chi connectivity index (χ2n) is 5.14. The molecule has 6 heteroatoms. The Labute approximate surface area is 131 Å². The van der Waals surface area contributed by atoms with Gasteiger partial charge in [-0.3, -0.25) is 10.2 Å². The number of primary amides is 1. The summed E-state index contributed by atoms with van der Waals surface area (Å²) in [6.07, 6.45) is 3.28. The first-order valence-corrected chi connectivity index (χ1v) is 7.58. The zero-order valence-corrected chi connectivity index (χ0v) is 13.3. The van der Waals surface area contributed by atoms with Crippen molar-refractivity contribution in [2.75, 3.05) is 13.7 Å². The lowest BCUT2D eigenvalue weighted by Gasteiger charge is -2.17. The number of ether oxygens (including phenoxy) is 1. The molecule has 0 aliphatic heterocycles. The van der Waals surface area contributed by atoms with E-state index in [4.69, 9.17) is 15.9 Å². The van der Waals surface area contributed by atoms with Gasteiger partial charge in [0.05, 0.1) is 7.11 Å². The molecule has 0 fully saturated rings. The van der Waals surface area contributed by atoms with Gasteiger partial charge in [-0.25, -0.2) is 0 Å². The molecule has 0 saturated carbocycles. The van der Waals surface area contributed by atoms with Crippen LogP contribution in [-0.2, 0) is 11.2 Å². The third-order valence-corrected chi connectivity index (χ3v) is 3.34. The third-order valence-electron chi connectivity index (χ3n) is 3.34. The van der Waals surface area contributed by atoms with Crippen molar-refractivity contribution in [3.63, 3.8) is 0 Å². The van der Waals surface area contributed by atoms with Crippen LogP contribution in [0.25, 0.3) is 0 Å². The zero-order chi connectivity index (χ0) is 16.4. The Morgan fingerprint density at radius 1 is 1.36 bits per heavy atom. The summed E-state index contributed by atoms with van der Waals surface area (Å²) in [6.45, 7) is 2.64. The van der Waals surface area contributed by atoms with Crippen molar-refractivity contribution in [2.45, 2.75) is 38.6 Å². The van der Waals surface area contributed by atoms with E-state index in [2.05, 4.69) is 10.6 Å². The maximum absolute atomic E-state index is 11.2. The van der Waals surface area contributed by atoms with Gasteiger partial charge < -0.3 is 21.1 Å². The van der Waals surface area contributed by atoms with Gasteiger partial charge in [-0.2, -0.15) is 0 Å². The molecular weight excluding hydrogens is 280 g/mol. The predicted molar refractivity (Wildman–Crippen MR) is 88.1 cm³/mol. The molecule has 0 aliphatic carbocycles. The van der Waals surface area contributed by atoms with Gasteiger partial charge in [0.1, 0.15) is 11.8 Å². The van der Waals surface area contributed by atoms with Crippen LogP contribution in [0.1, 0.15) is 31.7 Å². The summed E-state index contributed by atoms with van der Waals surface area (Å²) >= 11 is 0. The fraction of sp³-hybridized carbons (Fsp3) is 0.500. The van der Waals surface area contributed by atoms with Gasteiger partial charge >= 0.3 is 0 Å². The van der Waals surface area contributed by atoms with Crippen LogP contribution in [0.5, 0.6) is 5.75 Å². The van der Waals surface area contributed by atoms with Crippen molar-refractivity contribution in [3.8, 4) is 5.75 Å². The number of hydrogen-bond donors (Lipinski definition) is 4. The molecule has 5 N–H and O–H groups in total. The van der Waals surface area contributed by atoms with Gasteiger partial charge in [0.2, 0.25) is 5.91 Å². The molecule has 1 atom stereocenters. The molecule has 6 nitrogen and oxygen atoms in total. The monoisotopic (exact) mass is 306 g/mol. The maximum atomic E-state index is 11.2. The average molecular weight is 306 g/mol. The summed E-state index contributed by atoms with van der Waals surface area (Å²) in [5, 5.41) is 13.6. The average Bonchev–Trinajstić information content (AvgIpc) is 2.51. The predicted octanol–water partition coefficient (Wildman–Crippen LogP) is 1.40. The number of nitrogens with one attached hydrogen (secondary N) is 3. The molecule has 0 radical (unpaired) electrons. The highest BCUT2D eigenvalue weighted by molar-refractivity contribution is 5.86. The smallest absolute Gasteiger partial charge is 0.240 e. The molecule has 1 amide bonds. The van der Waals surface area contributed by atoms with E-state index < -0.39 is 11.9 Å². The summed E-state index contributed by atoms with van der Waals surface area (Å²) < 4.78 is 5.12. The summed E-state index contributed by atoms with van der Waals surface area (Å²) in [7, 11) is 1.65. The largest absolute Gasteiger partial charge is 0.497 e. The highest BCUT2D eigenvalue weighted by Crippen LogP contribution is 2.12. The first-order chi connectivity index (χ1) is 10.6. The minimum atomic E-state index is -0.480. The molecule has 1 rings (SSSR count). The Balaban J connectivity index is 2.25. The van der Waals surface area contributed by atoms with Crippen molar-refractivity contribution in [2.24, 2.45) is 5.73 Å². The van der Waals surface area contributed by atoms with E-state index in [1.54, 1.807) is 7.11 Å². The van der Waals surface area contributed by atoms with Gasteiger partial charge in [-0.1, -0.05) is 25.5 Å². The number of hydrogen-bond acceptors (Lipinski definition) is 3. The van der Waals surface area contributed by atoms with Gasteiger partial charge in [0.25, 0.3) is 0 Å². The Morgan fingerprint density at radius 2 is 2.05 bits per heavy atom. The van der Waals surface area contributed by atoms with E-state index in [0.717, 1.165) is 25.0 Å². The van der Waals surface area contributed by atoms with Crippen LogP contribution in [0.4, 0.5) is 0 Å². The van der Waals surface area contributed by atoms with Crippen LogP contribution in [0.15, 0.2) is 24.3 Å². The molecule has 122 valence electrons. The van der Waals surface area contributed by atoms with Crippen LogP contribution in [0.2, 0.25) is 0 Å². The SMILES string of the molecule is CCC[C@H](NC(=N)NCCCc1ccc(OC)cc1)C(N)=O. The van der Waals surface area contributed by atoms with Crippen molar-refractivity contribution in [1.82, 2.24) is 10.6 Å². The lowest BCUT2D eigenvalue weighted by Crippen LogP contribution is -2.49. The van der Waals surface area contributed by atoms with Crippen molar-refractivity contribution in [1.29, 1.82) is 5.41 Å². The van der Waals surface area contributed by atoms with Crippen molar-refractivity contribution < 1.29 is 9.53 Å². The number of carbonyl (C=O) groups excluding carboxylic acids is 1. The standard InChI is InChI=1S/C16H26N4O2/c1-3-5-14(15(17)21)20-16(18)19-11-4-6-12-7-9-13(22-2)10-8-12/h7-10,14H,3-6,11H2,1-2H3,(H2,17,21)(H3,18,19,20)/t14-/m0/s1. The second kappa shape index (κ2) is 9.65. The van der Waals surface area contributed by atoms with Crippen LogP contribution in [-0.4, -0.2) is 31.6 Å². The van der Waals surface area contributed by atoms with E-state index in [1.807, 2.05) is 31.2 Å². The number of rotatable bonds is 9. The topological polar surface area (TPSA) is 100 Å². The van der Waals surface area contributed by atoms with Crippen LogP contribution in [0.3, 0.4) is 0 Å². The molecule has 1 aromatic rings. The number of methoxy groups -OCH3 is 1. The molecule has 0 aliphatic rings. The second-order valence-corrected chi connectivity index (χ2v) is 5.14. The molecule has 0 aromatic heterocycles. The summed E-state index contributed by atoms with van der Waals surface area (Å²) in [4.78, 5) is 11.2. The normalized spacial score (nSPS) is 11.5. The van der Waals surface area contributed by atoms with Crippen LogP contribution >= 0.6 is 0 Å². The lowest BCUT2D eigenvalue weighted by atomic mass is 10.1. The quantitative estimate of drug-likeness (QED) is 0.315. The fourth-order valence-corrected chi connectivity index (χ4v) is 2.10. The number of benzene rings is 1. The minimum absolute atomic E-state index is 0.145. The van der Waals surface area contributed by atoms with Crippen LogP contribution in [0, 0.1) is 5.41 Å². The zero-order valence-electron chi connectivity index (χ0n) is 13.3. The minimum Gasteiger partial charge on any atom is -0.497 e. The van der Waals surface area contributed by atoms with Crippen LogP contribution < -0.4 is 21.1 Å². The van der Waals surface area contributed by atoms with Gasteiger partial charge in [-0.05, 0) is 37.0 Å². The molecular formula is C16H26N4O2. The molecule has 0 unspecified atom stereocenters. The molecule has 0 saturated heterocycles. The molecule has 0 spiro atoms. The first kappa shape index (κ1) is 17.8. The number of carbonyl (C=O) groups is 1. The summed E-state index contributed by atoms with van der Waals surface area (Å²) in [5.41, 5.74) is 6.51. The van der Waals surface area contributed by atoms with E-state index in [9.17, 15) is 4.79 Å². The Bertz CT molecular complexity index is 474. The van der Waals surface area contributed by atoms with Crippen molar-refractivity contribution >= 4 is 11.9 Å². The Hall–Kier alpha value is -2.24. The highest BCUT2D eigenvalue weighted by Gasteiger charge is 2.14. The lowest BCUT2D eigenvalue weighted by molar-refractivity contribution is -0.119. The van der Waals surface area contributed by atoms with Gasteiger partial charge in [-0.15, -0.1) is 0 Å². The summed E-state index contributed by atoms with van der Waals surface area (Å²) in [6, 6.07) is 7.47. The molecule has 0 heterocycles. The molecule has 1 aromatic carbocycles. The van der Waals surface area contributed by atoms with E-state index in [1.165, 1.54) is 5.56 Å². The number of amides is 1. The van der Waals surface area contributed by atoms with E-state index in [-0.39, 0.29) is 5.96 Å². The van der Waals surface area contributed by atoms with E-state index >= 15 is 0 Å². The molecule has 0 bridgehead atoms. The maximum Gasteiger partial charge on any atom is 0.240 e. The Kier molecular flexibility index (Phi) is 7.81. The van der Waals surface area contributed by atoms with Gasteiger partial charge in [0, 0.05) is 6.54 Å². The van der Waals surface area contributed by atoms with E-state index in [0.29, 0.717) is 13.0 Å². The first-order valence-electron chi connectivity index (χ1n) is 7.58. The number of aryl methyl sites for hydroxylation is 1. The number of nitrogens with two attached hydrogens (primary N) is 1. The van der Waals surface area contributed by atoms with Crippen molar-refractivity contribution in [3.05, 3.63) is 29.8 Å². The highest BCUT2D eigenvalue weighted by atomic mass is 16.5. The summed E-state index contributed by atoms with van der Waals surface area (Å²) in [5.74, 6) is 0.569. The number of guanidine groups is 1. The van der Waals surface area contributed by atoms with Gasteiger partial charge in [0.15, 0.2) is 5.96 Å². The Morgan fingerprint density at radius 3 is 2.59 bits per heavy atom. The fourth-order valence-electron chi connectivity index (χ4n) is 2.10. The third kappa shape index (κ3) is 6.47. The molecule has 22 heavy (non-hydrogen) atoms.